The molecule has 11 heteroatoms. The molecule has 3 N–H and O–H groups in total. The Morgan fingerprint density at radius 1 is 1.10 bits per heavy atom. The second kappa shape index (κ2) is 8.35. The van der Waals surface area contributed by atoms with Crippen molar-refractivity contribution in [1.82, 2.24) is 24.9 Å². The lowest BCUT2D eigenvalue weighted by atomic mass is 10.2. The van der Waals surface area contributed by atoms with Crippen LogP contribution in [0.1, 0.15) is 5.56 Å². The van der Waals surface area contributed by atoms with Gasteiger partial charge in [0.2, 0.25) is 0 Å². The van der Waals surface area contributed by atoms with Crippen LogP contribution in [-0.2, 0) is 6.54 Å². The van der Waals surface area contributed by atoms with Crippen molar-refractivity contribution in [3.05, 3.63) is 66.1 Å². The summed E-state index contributed by atoms with van der Waals surface area (Å²) in [6.07, 6.45) is 0.660. The van der Waals surface area contributed by atoms with Crippen molar-refractivity contribution < 1.29 is 23.5 Å². The highest BCUT2D eigenvalue weighted by Gasteiger charge is 2.18. The summed E-state index contributed by atoms with van der Waals surface area (Å²) in [5.74, 6) is -1.27. The lowest BCUT2D eigenvalue weighted by molar-refractivity contribution is -0.0276. The Bertz CT molecular complexity index is 1150. The molecule has 0 saturated heterocycles. The first-order valence-electron chi connectivity index (χ1n) is 8.86. The normalized spacial score (nSPS) is 11.2. The van der Waals surface area contributed by atoms with Crippen molar-refractivity contribution in [2.75, 3.05) is 11.9 Å². The molecule has 0 aliphatic rings. The molecule has 0 atom stereocenters. The minimum atomic E-state index is -1.68. The van der Waals surface area contributed by atoms with Gasteiger partial charge in [-0.25, -0.2) is 18.7 Å². The van der Waals surface area contributed by atoms with E-state index in [-0.39, 0.29) is 36.2 Å². The summed E-state index contributed by atoms with van der Waals surface area (Å²) < 4.78 is 34.5. The van der Waals surface area contributed by atoms with Crippen molar-refractivity contribution in [3.8, 4) is 22.9 Å². The average molecular weight is 414 g/mol. The SMILES string of the molecule is OC(O)CNc1nc(-c2cc(-c3ccon3)n(Cc3ccccc3F)n2)ncc1F. The van der Waals surface area contributed by atoms with E-state index >= 15 is 0 Å². The maximum atomic E-state index is 14.1. The van der Waals surface area contributed by atoms with Gasteiger partial charge in [-0.2, -0.15) is 5.10 Å². The van der Waals surface area contributed by atoms with Crippen LogP contribution >= 0.6 is 0 Å². The van der Waals surface area contributed by atoms with Crippen molar-refractivity contribution >= 4 is 5.82 Å². The van der Waals surface area contributed by atoms with Crippen molar-refractivity contribution in [2.45, 2.75) is 12.8 Å². The first kappa shape index (κ1) is 19.6. The summed E-state index contributed by atoms with van der Waals surface area (Å²) >= 11 is 0. The van der Waals surface area contributed by atoms with Gasteiger partial charge in [0.25, 0.3) is 0 Å². The summed E-state index contributed by atoms with van der Waals surface area (Å²) in [6, 6.07) is 9.55. The second-order valence-electron chi connectivity index (χ2n) is 6.30. The highest BCUT2D eigenvalue weighted by atomic mass is 19.1. The zero-order chi connectivity index (χ0) is 21.1. The first-order valence-corrected chi connectivity index (χ1v) is 8.86. The molecule has 30 heavy (non-hydrogen) atoms. The minimum absolute atomic E-state index is 0.0864. The fraction of sp³-hybridized carbons (Fsp3) is 0.158. The van der Waals surface area contributed by atoms with Crippen LogP contribution < -0.4 is 5.32 Å². The fourth-order valence-corrected chi connectivity index (χ4v) is 2.79. The molecule has 0 saturated carbocycles. The highest BCUT2D eigenvalue weighted by molar-refractivity contribution is 5.63. The van der Waals surface area contributed by atoms with Gasteiger partial charge in [0.05, 0.1) is 25.0 Å². The number of hydrogen-bond acceptors (Lipinski definition) is 8. The number of aliphatic hydroxyl groups is 2. The van der Waals surface area contributed by atoms with E-state index in [0.717, 1.165) is 6.20 Å². The molecule has 4 aromatic rings. The Kier molecular flexibility index (Phi) is 5.46. The number of nitrogens with one attached hydrogen (secondary N) is 1. The minimum Gasteiger partial charge on any atom is -0.367 e. The van der Waals surface area contributed by atoms with Gasteiger partial charge in [0, 0.05) is 11.6 Å². The fourth-order valence-electron chi connectivity index (χ4n) is 2.79. The van der Waals surface area contributed by atoms with E-state index in [0.29, 0.717) is 17.0 Å². The predicted octanol–water partition coefficient (Wildman–Crippen LogP) is 2.04. The van der Waals surface area contributed by atoms with Crippen LogP contribution in [0.15, 0.2) is 53.4 Å². The zero-order valence-corrected chi connectivity index (χ0v) is 15.4. The molecular weight excluding hydrogens is 398 g/mol. The smallest absolute Gasteiger partial charge is 0.183 e. The lowest BCUT2D eigenvalue weighted by Crippen LogP contribution is -2.19. The Morgan fingerprint density at radius 2 is 1.93 bits per heavy atom. The molecule has 154 valence electrons. The number of nitrogens with zero attached hydrogens (tertiary/aromatic N) is 5. The standard InChI is InChI=1S/C19H16F2N6O3/c20-12-4-2-1-3-11(12)10-27-16(14-5-6-30-26-14)7-15(25-27)19-22-8-13(21)18(24-19)23-9-17(28)29/h1-8,17,28-29H,9-10H2,(H,22,23,24). The van der Waals surface area contributed by atoms with Crippen LogP contribution in [0.5, 0.6) is 0 Å². The number of anilines is 1. The molecular formula is C19H16F2N6O3. The third kappa shape index (κ3) is 4.16. The molecule has 0 aliphatic carbocycles. The molecule has 3 heterocycles. The van der Waals surface area contributed by atoms with E-state index < -0.39 is 12.1 Å². The van der Waals surface area contributed by atoms with Gasteiger partial charge < -0.3 is 20.1 Å². The Hall–Kier alpha value is -3.70. The summed E-state index contributed by atoms with van der Waals surface area (Å²) in [5.41, 5.74) is 1.69. The third-order valence-electron chi connectivity index (χ3n) is 4.18. The van der Waals surface area contributed by atoms with E-state index in [1.54, 1.807) is 30.3 Å². The third-order valence-corrected chi connectivity index (χ3v) is 4.18. The van der Waals surface area contributed by atoms with Crippen molar-refractivity contribution in [1.29, 1.82) is 0 Å². The van der Waals surface area contributed by atoms with Gasteiger partial charge >= 0.3 is 0 Å². The van der Waals surface area contributed by atoms with E-state index in [9.17, 15) is 8.78 Å². The molecule has 0 aliphatic heterocycles. The van der Waals surface area contributed by atoms with Crippen LogP contribution in [0.25, 0.3) is 22.9 Å². The lowest BCUT2D eigenvalue weighted by Gasteiger charge is -2.08. The van der Waals surface area contributed by atoms with E-state index in [1.807, 2.05) is 0 Å². The molecule has 4 rings (SSSR count). The number of hydrogen-bond donors (Lipinski definition) is 3. The molecule has 0 bridgehead atoms. The van der Waals surface area contributed by atoms with Gasteiger partial charge in [-0.3, -0.25) is 4.68 Å². The molecule has 0 fully saturated rings. The van der Waals surface area contributed by atoms with Crippen molar-refractivity contribution in [3.63, 3.8) is 0 Å². The summed E-state index contributed by atoms with van der Waals surface area (Å²) in [6.45, 7) is -0.211. The predicted molar refractivity (Wildman–Crippen MR) is 101 cm³/mol. The topological polar surface area (TPSA) is 122 Å². The van der Waals surface area contributed by atoms with Gasteiger partial charge in [-0.1, -0.05) is 23.4 Å². The van der Waals surface area contributed by atoms with Crippen LogP contribution in [0, 0.1) is 11.6 Å². The molecule has 0 amide bonds. The van der Waals surface area contributed by atoms with Crippen LogP contribution in [0.3, 0.4) is 0 Å². The second-order valence-corrected chi connectivity index (χ2v) is 6.30. The summed E-state index contributed by atoms with van der Waals surface area (Å²) in [4.78, 5) is 8.01. The number of benzene rings is 1. The van der Waals surface area contributed by atoms with Crippen LogP contribution in [0.2, 0.25) is 0 Å². The Labute approximate surface area is 168 Å². The average Bonchev–Trinajstić information content (AvgIpc) is 3.39. The van der Waals surface area contributed by atoms with Gasteiger partial charge in [0.1, 0.15) is 23.5 Å². The first-order chi connectivity index (χ1) is 14.5. The van der Waals surface area contributed by atoms with E-state index in [2.05, 4.69) is 25.5 Å². The largest absolute Gasteiger partial charge is 0.367 e. The van der Waals surface area contributed by atoms with Crippen LogP contribution in [0.4, 0.5) is 14.6 Å². The molecule has 0 unspecified atom stereocenters. The van der Waals surface area contributed by atoms with Crippen LogP contribution in [-0.4, -0.2) is 48.0 Å². The van der Waals surface area contributed by atoms with Crippen molar-refractivity contribution in [2.24, 2.45) is 0 Å². The number of rotatable bonds is 7. The maximum absolute atomic E-state index is 14.1. The quantitative estimate of drug-likeness (QED) is 0.393. The number of halogens is 2. The summed E-state index contributed by atoms with van der Waals surface area (Å²) in [5, 5.41) is 28.7. The number of aromatic nitrogens is 5. The Balaban J connectivity index is 1.73. The van der Waals surface area contributed by atoms with Gasteiger partial charge in [0.15, 0.2) is 23.7 Å². The van der Waals surface area contributed by atoms with E-state index in [1.165, 1.54) is 17.0 Å². The van der Waals surface area contributed by atoms with Gasteiger partial charge in [-0.15, -0.1) is 0 Å². The summed E-state index contributed by atoms with van der Waals surface area (Å²) in [7, 11) is 0. The number of aliphatic hydroxyl groups excluding tert-OH is 1. The molecule has 0 radical (unpaired) electrons. The molecule has 0 spiro atoms. The monoisotopic (exact) mass is 414 g/mol. The Morgan fingerprint density at radius 3 is 2.67 bits per heavy atom. The molecule has 1 aromatic carbocycles. The highest BCUT2D eigenvalue weighted by Crippen LogP contribution is 2.25. The van der Waals surface area contributed by atoms with Gasteiger partial charge in [-0.05, 0) is 12.1 Å². The molecule has 3 aromatic heterocycles. The molecule has 9 nitrogen and oxygen atoms in total. The maximum Gasteiger partial charge on any atom is 0.183 e. The van der Waals surface area contributed by atoms with E-state index in [4.69, 9.17) is 14.7 Å². The zero-order valence-electron chi connectivity index (χ0n) is 15.4.